The van der Waals surface area contributed by atoms with Crippen molar-refractivity contribution >= 4 is 11.6 Å². The van der Waals surface area contributed by atoms with E-state index in [-0.39, 0.29) is 51.0 Å². The second-order valence-electron chi connectivity index (χ2n) is 13.2. The lowest BCUT2D eigenvalue weighted by molar-refractivity contribution is -0.190. The minimum atomic E-state index is -4.38. The molecule has 2 saturated carbocycles. The first-order valence-corrected chi connectivity index (χ1v) is 16.1. The van der Waals surface area contributed by atoms with Crippen molar-refractivity contribution in [3.8, 4) is 0 Å². The van der Waals surface area contributed by atoms with E-state index in [0.717, 1.165) is 18.4 Å². The summed E-state index contributed by atoms with van der Waals surface area (Å²) in [4.78, 5) is 20.4. The maximum absolute atomic E-state index is 14.1. The van der Waals surface area contributed by atoms with Crippen molar-refractivity contribution in [2.24, 2.45) is 17.8 Å². The normalized spacial score (nSPS) is 24.8. The molecule has 3 aromatic heterocycles. The van der Waals surface area contributed by atoms with Gasteiger partial charge in [-0.1, -0.05) is 0 Å². The van der Waals surface area contributed by atoms with Gasteiger partial charge in [0, 0.05) is 50.6 Å². The van der Waals surface area contributed by atoms with Crippen LogP contribution in [0.25, 0.3) is 5.65 Å². The van der Waals surface area contributed by atoms with Crippen LogP contribution in [-0.2, 0) is 19.5 Å². The third kappa shape index (κ3) is 7.20. The fraction of sp³-hybridized carbons (Fsp3) is 0.677. The third-order valence-electron chi connectivity index (χ3n) is 9.84. The number of aromatic nitrogens is 5. The average Bonchev–Trinajstić information content (AvgIpc) is 3.60. The molecular formula is C31H41F5N8O2. The van der Waals surface area contributed by atoms with Gasteiger partial charge in [0.05, 0.1) is 29.5 Å². The monoisotopic (exact) mass is 652 g/mol. The van der Waals surface area contributed by atoms with Gasteiger partial charge in [-0.05, 0) is 76.1 Å². The molecule has 1 amide bonds. The number of aliphatic hydroxyl groups excluding tert-OH is 1. The number of aliphatic hydroxyl groups is 1. The van der Waals surface area contributed by atoms with E-state index in [1.165, 1.54) is 6.20 Å². The Kier molecular flexibility index (Phi) is 9.11. The zero-order chi connectivity index (χ0) is 32.8. The summed E-state index contributed by atoms with van der Waals surface area (Å²) < 4.78 is 72.2. The van der Waals surface area contributed by atoms with Crippen molar-refractivity contribution in [3.05, 3.63) is 47.2 Å². The molecular weight excluding hydrogens is 611 g/mol. The highest BCUT2D eigenvalue weighted by Gasteiger charge is 2.45. The Morgan fingerprint density at radius 3 is 2.65 bits per heavy atom. The molecule has 3 fully saturated rings. The number of carbonyl (C=O) groups is 1. The van der Waals surface area contributed by atoms with Crippen LogP contribution < -0.4 is 10.6 Å². The van der Waals surface area contributed by atoms with E-state index in [2.05, 4.69) is 20.6 Å². The van der Waals surface area contributed by atoms with Crippen molar-refractivity contribution in [1.29, 1.82) is 0 Å². The lowest BCUT2D eigenvalue weighted by Gasteiger charge is -2.35. The highest BCUT2D eigenvalue weighted by atomic mass is 19.4. The van der Waals surface area contributed by atoms with Crippen molar-refractivity contribution in [2.45, 2.75) is 102 Å². The first-order valence-electron chi connectivity index (χ1n) is 16.1. The van der Waals surface area contributed by atoms with Crippen molar-refractivity contribution in [3.63, 3.8) is 0 Å². The fourth-order valence-electron chi connectivity index (χ4n) is 6.91. The molecule has 252 valence electrons. The Morgan fingerprint density at radius 1 is 1.24 bits per heavy atom. The Bertz CT molecular complexity index is 1530. The summed E-state index contributed by atoms with van der Waals surface area (Å²) in [6.45, 7) is 2.50. The van der Waals surface area contributed by atoms with Gasteiger partial charge in [-0.15, -0.1) is 0 Å². The molecule has 3 N–H and O–H groups in total. The smallest absolute Gasteiger partial charge is 0.378 e. The molecule has 6 rings (SSSR count). The summed E-state index contributed by atoms with van der Waals surface area (Å²) in [5, 5.41) is 25.3. The van der Waals surface area contributed by atoms with Crippen molar-refractivity contribution < 1.29 is 31.9 Å². The minimum absolute atomic E-state index is 0.122. The molecule has 0 bridgehead atoms. The Labute approximate surface area is 263 Å². The number of alkyl halides is 5. The maximum Gasteiger partial charge on any atom is 0.393 e. The van der Waals surface area contributed by atoms with Gasteiger partial charge in [-0.2, -0.15) is 23.4 Å². The number of imidazole rings is 1. The lowest BCUT2D eigenvalue weighted by atomic mass is 9.81. The van der Waals surface area contributed by atoms with E-state index < -0.39 is 42.1 Å². The maximum atomic E-state index is 14.1. The second kappa shape index (κ2) is 12.8. The Hall–Kier alpha value is -3.17. The molecule has 4 heterocycles. The van der Waals surface area contributed by atoms with Crippen LogP contribution in [-0.4, -0.2) is 78.3 Å². The van der Waals surface area contributed by atoms with Gasteiger partial charge >= 0.3 is 6.18 Å². The van der Waals surface area contributed by atoms with E-state index in [9.17, 15) is 31.9 Å². The summed E-state index contributed by atoms with van der Waals surface area (Å²) >= 11 is 0. The number of rotatable bonds is 10. The van der Waals surface area contributed by atoms with Gasteiger partial charge in [0.1, 0.15) is 11.9 Å². The summed E-state index contributed by atoms with van der Waals surface area (Å²) in [5.74, 6) is -5.73. The number of carbonyl (C=O) groups excluding carboxylic acids is 1. The molecule has 15 heteroatoms. The highest BCUT2D eigenvalue weighted by molar-refractivity contribution is 5.92. The number of aryl methyl sites for hydroxylation is 1. The number of nitrogens with one attached hydrogen (secondary N) is 2. The van der Waals surface area contributed by atoms with Gasteiger partial charge in [-0.3, -0.25) is 19.7 Å². The number of hydrogen-bond acceptors (Lipinski definition) is 7. The van der Waals surface area contributed by atoms with Crippen LogP contribution in [0.15, 0.2) is 24.5 Å². The number of fused-ring (bicyclic) bond motifs is 1. The molecule has 3 aliphatic rings. The van der Waals surface area contributed by atoms with Gasteiger partial charge < -0.3 is 10.4 Å². The zero-order valence-electron chi connectivity index (χ0n) is 26.0. The van der Waals surface area contributed by atoms with Crippen LogP contribution in [0.4, 0.5) is 22.0 Å². The summed E-state index contributed by atoms with van der Waals surface area (Å²) in [6.07, 6.45) is -0.463. The summed E-state index contributed by atoms with van der Waals surface area (Å²) in [6, 6.07) is 3.19. The number of nitrogens with zero attached hydrogens (tertiary/aromatic N) is 6. The van der Waals surface area contributed by atoms with Crippen LogP contribution in [0.5, 0.6) is 0 Å². The van der Waals surface area contributed by atoms with E-state index in [1.54, 1.807) is 21.5 Å². The first-order chi connectivity index (χ1) is 21.8. The van der Waals surface area contributed by atoms with Gasteiger partial charge in [0.15, 0.2) is 5.65 Å². The molecule has 1 aliphatic heterocycles. The molecule has 2 aliphatic carbocycles. The van der Waals surface area contributed by atoms with E-state index in [4.69, 9.17) is 10.1 Å². The third-order valence-corrected chi connectivity index (χ3v) is 9.84. The SMILES string of the molecule is CCn1nccc1C(=O)N[C@H](c1cn2nc(C[C@H]3C[C@@H](C(F)(F)F)CNC3O)c(CN(C)C3CC3)cc2n1)C1CCC(F)(F)CC1. The first kappa shape index (κ1) is 32.8. The van der Waals surface area contributed by atoms with E-state index in [0.29, 0.717) is 41.9 Å². The van der Waals surface area contributed by atoms with Crippen LogP contribution >= 0.6 is 0 Å². The quantitative estimate of drug-likeness (QED) is 0.277. The van der Waals surface area contributed by atoms with Gasteiger partial charge in [-0.25, -0.2) is 18.3 Å². The molecule has 1 unspecified atom stereocenters. The van der Waals surface area contributed by atoms with Crippen LogP contribution in [0.1, 0.15) is 85.4 Å². The summed E-state index contributed by atoms with van der Waals surface area (Å²) in [7, 11) is 1.99. The Morgan fingerprint density at radius 2 is 1.98 bits per heavy atom. The fourth-order valence-corrected chi connectivity index (χ4v) is 6.91. The summed E-state index contributed by atoms with van der Waals surface area (Å²) in [5.41, 5.74) is 2.65. The zero-order valence-corrected chi connectivity index (χ0v) is 26.0. The predicted molar refractivity (Wildman–Crippen MR) is 158 cm³/mol. The lowest BCUT2D eigenvalue weighted by Crippen LogP contribution is -2.50. The number of piperidine rings is 1. The van der Waals surface area contributed by atoms with Crippen molar-refractivity contribution in [1.82, 2.24) is 39.9 Å². The molecule has 0 aromatic carbocycles. The van der Waals surface area contributed by atoms with E-state index >= 15 is 0 Å². The number of halogens is 5. The second-order valence-corrected chi connectivity index (χ2v) is 13.2. The van der Waals surface area contributed by atoms with Crippen LogP contribution in [0.3, 0.4) is 0 Å². The molecule has 46 heavy (non-hydrogen) atoms. The van der Waals surface area contributed by atoms with Crippen LogP contribution in [0.2, 0.25) is 0 Å². The minimum Gasteiger partial charge on any atom is -0.378 e. The molecule has 0 spiro atoms. The highest BCUT2D eigenvalue weighted by Crippen LogP contribution is 2.42. The van der Waals surface area contributed by atoms with Gasteiger partial charge in [0.2, 0.25) is 5.92 Å². The average molecular weight is 653 g/mol. The standard InChI is InChI=1S/C31H41F5N8O2/c1-3-43-25(8-11-38-43)29(46)40-27(18-6-9-30(32,33)10-7-18)24-17-44-26(39-24)14-20(16-42(2)22-4-5-22)23(41-44)13-19-12-21(31(34,35)36)15-37-28(19)45/h8,11,14,17-19,21-22,27-28,37,45H,3-7,9-10,12-13,15-16H2,1-2H3,(H,40,46)/t19-,21-,27+,28?/m1/s1. The molecule has 3 aromatic rings. The molecule has 4 atom stereocenters. The van der Waals surface area contributed by atoms with Gasteiger partial charge in [0.25, 0.3) is 5.91 Å². The Balaban J connectivity index is 1.34. The van der Waals surface area contributed by atoms with Crippen molar-refractivity contribution in [2.75, 3.05) is 13.6 Å². The van der Waals surface area contributed by atoms with Crippen LogP contribution in [0, 0.1) is 17.8 Å². The molecule has 1 saturated heterocycles. The number of hydrogen-bond donors (Lipinski definition) is 3. The van der Waals surface area contributed by atoms with E-state index in [1.807, 2.05) is 20.0 Å². The number of amides is 1. The topological polar surface area (TPSA) is 113 Å². The largest absolute Gasteiger partial charge is 0.393 e. The molecule has 0 radical (unpaired) electrons. The predicted octanol–water partition coefficient (Wildman–Crippen LogP) is 4.49. The molecule has 10 nitrogen and oxygen atoms in total.